The number of methoxy groups -OCH3 is 2. The highest BCUT2D eigenvalue weighted by Crippen LogP contribution is 2.47. The minimum atomic E-state index is -3.71. The Morgan fingerprint density at radius 1 is 1.06 bits per heavy atom. The average molecular weight is 436 g/mol. The topological polar surface area (TPSA) is 112 Å². The first-order valence-corrected chi connectivity index (χ1v) is 11.1. The molecule has 0 fully saturated rings. The van der Waals surface area contributed by atoms with E-state index >= 15 is 0 Å². The third-order valence-corrected chi connectivity index (χ3v) is 5.87. The van der Waals surface area contributed by atoms with Gasteiger partial charge in [-0.25, -0.2) is 13.6 Å². The molecule has 0 aromatic heterocycles. The molecule has 2 N–H and O–H groups in total. The monoisotopic (exact) mass is 436 g/mol. The van der Waals surface area contributed by atoms with Gasteiger partial charge in [0.2, 0.25) is 10.0 Å². The maximum atomic E-state index is 11.6. The molecule has 0 spiro atoms. The Kier molecular flexibility index (Phi) is 5.31. The number of benzene rings is 3. The molecule has 1 atom stereocenters. The zero-order valence-electron chi connectivity index (χ0n) is 17.0. The molecule has 1 unspecified atom stereocenters. The molecule has 0 saturated heterocycles. The van der Waals surface area contributed by atoms with E-state index in [-0.39, 0.29) is 5.75 Å². The standard InChI is InChI=1S/C23H20N2O5S/c1-28-19-9-7-15(11-21(19)29-2)23-18-10-14(13-31(25,26)27)6-8-17(18)22-16(12-24)4-3-5-20(22)30-23/h3-11,23H,13H2,1-2H3,(H2,25,26,27). The quantitative estimate of drug-likeness (QED) is 0.655. The van der Waals surface area contributed by atoms with Gasteiger partial charge in [-0.05, 0) is 35.4 Å². The maximum Gasteiger partial charge on any atom is 0.213 e. The van der Waals surface area contributed by atoms with Crippen LogP contribution in [0.25, 0.3) is 11.1 Å². The van der Waals surface area contributed by atoms with Crippen LogP contribution in [-0.4, -0.2) is 22.6 Å². The zero-order valence-corrected chi connectivity index (χ0v) is 17.8. The molecule has 0 amide bonds. The number of hydrogen-bond acceptors (Lipinski definition) is 6. The summed E-state index contributed by atoms with van der Waals surface area (Å²) in [5.74, 6) is 1.40. The highest BCUT2D eigenvalue weighted by atomic mass is 32.2. The van der Waals surface area contributed by atoms with Crippen LogP contribution in [0.2, 0.25) is 0 Å². The first-order chi connectivity index (χ1) is 14.8. The fourth-order valence-corrected chi connectivity index (χ4v) is 4.48. The van der Waals surface area contributed by atoms with E-state index in [4.69, 9.17) is 19.3 Å². The third-order valence-electron chi connectivity index (χ3n) is 5.14. The van der Waals surface area contributed by atoms with Gasteiger partial charge in [-0.3, -0.25) is 0 Å². The summed E-state index contributed by atoms with van der Waals surface area (Å²) in [5.41, 5.74) is 4.02. The fourth-order valence-electron chi connectivity index (χ4n) is 3.83. The molecule has 3 aromatic carbocycles. The molecule has 0 saturated carbocycles. The van der Waals surface area contributed by atoms with Crippen LogP contribution in [0.3, 0.4) is 0 Å². The number of sulfonamides is 1. The van der Waals surface area contributed by atoms with E-state index in [0.29, 0.717) is 33.9 Å². The van der Waals surface area contributed by atoms with Crippen molar-refractivity contribution in [2.45, 2.75) is 11.9 Å². The van der Waals surface area contributed by atoms with Crippen LogP contribution in [0.1, 0.15) is 28.4 Å². The Morgan fingerprint density at radius 3 is 2.52 bits per heavy atom. The molecule has 1 aliphatic heterocycles. The van der Waals surface area contributed by atoms with Crippen LogP contribution in [0.4, 0.5) is 0 Å². The molecular formula is C23H20N2O5S. The first kappa shape index (κ1) is 20.7. The fraction of sp³-hybridized carbons (Fsp3) is 0.174. The number of fused-ring (bicyclic) bond motifs is 3. The number of nitrogens with zero attached hydrogens (tertiary/aromatic N) is 1. The summed E-state index contributed by atoms with van der Waals surface area (Å²) in [4.78, 5) is 0. The summed E-state index contributed by atoms with van der Waals surface area (Å²) in [6.07, 6.45) is -0.545. The molecule has 0 aliphatic carbocycles. The van der Waals surface area contributed by atoms with Crippen LogP contribution in [0, 0.1) is 11.3 Å². The van der Waals surface area contributed by atoms with Gasteiger partial charge in [0, 0.05) is 16.7 Å². The molecule has 4 rings (SSSR count). The molecule has 158 valence electrons. The number of rotatable bonds is 5. The van der Waals surface area contributed by atoms with Crippen molar-refractivity contribution in [3.63, 3.8) is 0 Å². The van der Waals surface area contributed by atoms with Gasteiger partial charge in [0.05, 0.1) is 31.6 Å². The molecule has 0 bridgehead atoms. The molecule has 1 heterocycles. The van der Waals surface area contributed by atoms with Gasteiger partial charge in [-0.2, -0.15) is 5.26 Å². The van der Waals surface area contributed by atoms with Gasteiger partial charge < -0.3 is 14.2 Å². The predicted octanol–water partition coefficient (Wildman–Crippen LogP) is 3.51. The third kappa shape index (κ3) is 3.93. The smallest absolute Gasteiger partial charge is 0.213 e. The number of nitriles is 1. The van der Waals surface area contributed by atoms with Crippen molar-refractivity contribution in [1.82, 2.24) is 0 Å². The van der Waals surface area contributed by atoms with Crippen LogP contribution in [0.15, 0.2) is 54.6 Å². The molecule has 7 nitrogen and oxygen atoms in total. The Morgan fingerprint density at radius 2 is 1.84 bits per heavy atom. The van der Waals surface area contributed by atoms with E-state index in [9.17, 15) is 13.7 Å². The van der Waals surface area contributed by atoms with Gasteiger partial charge >= 0.3 is 0 Å². The average Bonchev–Trinajstić information content (AvgIpc) is 2.76. The molecule has 3 aromatic rings. The van der Waals surface area contributed by atoms with Crippen molar-refractivity contribution in [2.24, 2.45) is 5.14 Å². The molecule has 8 heteroatoms. The van der Waals surface area contributed by atoms with E-state index in [1.807, 2.05) is 24.3 Å². The zero-order chi connectivity index (χ0) is 22.2. The van der Waals surface area contributed by atoms with Crippen molar-refractivity contribution in [2.75, 3.05) is 14.2 Å². The number of hydrogen-bond donors (Lipinski definition) is 1. The lowest BCUT2D eigenvalue weighted by Crippen LogP contribution is -2.18. The van der Waals surface area contributed by atoms with E-state index in [1.54, 1.807) is 44.6 Å². The van der Waals surface area contributed by atoms with E-state index < -0.39 is 16.1 Å². The minimum absolute atomic E-state index is 0.300. The van der Waals surface area contributed by atoms with Crippen LogP contribution < -0.4 is 19.3 Å². The second-order valence-electron chi connectivity index (χ2n) is 7.13. The van der Waals surface area contributed by atoms with E-state index in [0.717, 1.165) is 16.7 Å². The predicted molar refractivity (Wildman–Crippen MR) is 115 cm³/mol. The molecular weight excluding hydrogens is 416 g/mol. The normalized spacial score (nSPS) is 14.6. The molecule has 31 heavy (non-hydrogen) atoms. The summed E-state index contributed by atoms with van der Waals surface area (Å²) in [6.45, 7) is 0. The van der Waals surface area contributed by atoms with Gasteiger partial charge in [0.15, 0.2) is 11.5 Å². The summed E-state index contributed by atoms with van der Waals surface area (Å²) in [6, 6.07) is 18.3. The lowest BCUT2D eigenvalue weighted by Gasteiger charge is -2.30. The van der Waals surface area contributed by atoms with Gasteiger partial charge in [0.25, 0.3) is 0 Å². The summed E-state index contributed by atoms with van der Waals surface area (Å²) < 4.78 is 40.4. The highest BCUT2D eigenvalue weighted by Gasteiger charge is 2.30. The highest BCUT2D eigenvalue weighted by molar-refractivity contribution is 7.88. The SMILES string of the molecule is COc1ccc(C2Oc3cccc(C#N)c3-c3ccc(CS(N)(=O)=O)cc32)cc1OC. The van der Waals surface area contributed by atoms with Crippen molar-refractivity contribution in [1.29, 1.82) is 5.26 Å². The van der Waals surface area contributed by atoms with Crippen LogP contribution in [-0.2, 0) is 15.8 Å². The lowest BCUT2D eigenvalue weighted by molar-refractivity contribution is 0.242. The Hall–Kier alpha value is -3.54. The Bertz CT molecular complexity index is 1310. The van der Waals surface area contributed by atoms with E-state index in [1.165, 1.54) is 0 Å². The second kappa shape index (κ2) is 7.95. The largest absolute Gasteiger partial charge is 0.493 e. The molecule has 0 radical (unpaired) electrons. The van der Waals surface area contributed by atoms with Gasteiger partial charge in [-0.1, -0.05) is 30.3 Å². The number of primary sulfonamides is 1. The Balaban J connectivity index is 1.93. The van der Waals surface area contributed by atoms with Crippen LogP contribution >= 0.6 is 0 Å². The van der Waals surface area contributed by atoms with Crippen molar-refractivity contribution < 1.29 is 22.6 Å². The van der Waals surface area contributed by atoms with Gasteiger partial charge in [-0.15, -0.1) is 0 Å². The van der Waals surface area contributed by atoms with Crippen molar-refractivity contribution in [3.8, 4) is 34.4 Å². The van der Waals surface area contributed by atoms with Crippen molar-refractivity contribution >= 4 is 10.0 Å². The van der Waals surface area contributed by atoms with Crippen LogP contribution in [0.5, 0.6) is 17.2 Å². The Labute approximate surface area is 180 Å². The molecule has 1 aliphatic rings. The minimum Gasteiger partial charge on any atom is -0.493 e. The van der Waals surface area contributed by atoms with E-state index in [2.05, 4.69) is 6.07 Å². The summed E-state index contributed by atoms with van der Waals surface area (Å²) >= 11 is 0. The summed E-state index contributed by atoms with van der Waals surface area (Å²) in [5, 5.41) is 14.9. The summed E-state index contributed by atoms with van der Waals surface area (Å²) in [7, 11) is -0.598. The van der Waals surface area contributed by atoms with Crippen molar-refractivity contribution in [3.05, 3.63) is 76.9 Å². The van der Waals surface area contributed by atoms with Gasteiger partial charge in [0.1, 0.15) is 11.9 Å². The maximum absolute atomic E-state index is 11.6. The first-order valence-electron chi connectivity index (χ1n) is 9.40. The lowest BCUT2D eigenvalue weighted by atomic mass is 9.86. The second-order valence-corrected chi connectivity index (χ2v) is 8.75. The number of nitrogens with two attached hydrogens (primary N) is 1. The number of ether oxygens (including phenoxy) is 3.